The summed E-state index contributed by atoms with van der Waals surface area (Å²) in [7, 11) is 0. The first-order chi connectivity index (χ1) is 8.86. The van der Waals surface area contributed by atoms with Crippen molar-refractivity contribution >= 4 is 0 Å². The molecule has 4 saturated heterocycles. The fourth-order valence-corrected chi connectivity index (χ4v) is 4.77. The molecule has 0 radical (unpaired) electrons. The maximum absolute atomic E-state index is 5.93. The third-order valence-electron chi connectivity index (χ3n) is 5.54. The van der Waals surface area contributed by atoms with Crippen molar-refractivity contribution < 1.29 is 4.74 Å². The van der Waals surface area contributed by atoms with E-state index >= 15 is 0 Å². The van der Waals surface area contributed by atoms with Gasteiger partial charge in [0.2, 0.25) is 0 Å². The highest BCUT2D eigenvalue weighted by Gasteiger charge is 2.50. The molecule has 4 rings (SSSR count). The third-order valence-corrected chi connectivity index (χ3v) is 5.54. The fourth-order valence-electron chi connectivity index (χ4n) is 4.77. The van der Waals surface area contributed by atoms with Crippen LogP contribution >= 0.6 is 0 Å². The van der Waals surface area contributed by atoms with Crippen LogP contribution in [0.25, 0.3) is 0 Å². The predicted molar refractivity (Wildman–Crippen MR) is 70.6 cm³/mol. The first-order valence-electron chi connectivity index (χ1n) is 7.64. The van der Waals surface area contributed by atoms with E-state index in [4.69, 9.17) is 4.74 Å². The first-order valence-corrected chi connectivity index (χ1v) is 7.64. The van der Waals surface area contributed by atoms with Gasteiger partial charge in [-0.25, -0.2) is 0 Å². The molecule has 4 aliphatic rings. The van der Waals surface area contributed by atoms with Gasteiger partial charge in [0.25, 0.3) is 0 Å². The number of ether oxygens (including phenoxy) is 1. The standard InChI is InChI=1S/C14H25N3O/c1-2-12-13(16-4-3-11(1)17-12)14-5-10(6-15-8-14)7-18-9-14/h10-13,15-17H,1-9H2. The van der Waals surface area contributed by atoms with Crippen molar-refractivity contribution in [3.63, 3.8) is 0 Å². The lowest BCUT2D eigenvalue weighted by Crippen LogP contribution is -2.65. The Labute approximate surface area is 109 Å². The van der Waals surface area contributed by atoms with Gasteiger partial charge >= 0.3 is 0 Å². The van der Waals surface area contributed by atoms with E-state index in [2.05, 4.69) is 16.0 Å². The van der Waals surface area contributed by atoms with Gasteiger partial charge in [-0.2, -0.15) is 0 Å². The summed E-state index contributed by atoms with van der Waals surface area (Å²) < 4.78 is 5.93. The van der Waals surface area contributed by atoms with Gasteiger partial charge in [0, 0.05) is 36.6 Å². The molecule has 3 N–H and O–H groups in total. The Morgan fingerprint density at radius 2 is 2.17 bits per heavy atom. The maximum Gasteiger partial charge on any atom is 0.0550 e. The lowest BCUT2D eigenvalue weighted by molar-refractivity contribution is -0.0817. The van der Waals surface area contributed by atoms with Gasteiger partial charge in [-0.1, -0.05) is 0 Å². The molecule has 18 heavy (non-hydrogen) atoms. The van der Waals surface area contributed by atoms with Crippen molar-refractivity contribution in [1.82, 2.24) is 16.0 Å². The van der Waals surface area contributed by atoms with Gasteiger partial charge in [-0.3, -0.25) is 0 Å². The molecule has 5 unspecified atom stereocenters. The summed E-state index contributed by atoms with van der Waals surface area (Å²) in [6, 6.07) is 2.03. The smallest absolute Gasteiger partial charge is 0.0550 e. The second kappa shape index (κ2) is 4.44. The van der Waals surface area contributed by atoms with Gasteiger partial charge in [-0.05, 0) is 38.1 Å². The summed E-state index contributed by atoms with van der Waals surface area (Å²) >= 11 is 0. The van der Waals surface area contributed by atoms with Crippen LogP contribution in [0.1, 0.15) is 25.7 Å². The average Bonchev–Trinajstić information content (AvgIpc) is 2.70. The second-order valence-electron chi connectivity index (χ2n) is 6.85. The highest BCUT2D eigenvalue weighted by molar-refractivity contribution is 5.07. The minimum Gasteiger partial charge on any atom is -0.380 e. The molecular weight excluding hydrogens is 226 g/mol. The van der Waals surface area contributed by atoms with Crippen molar-refractivity contribution in [2.45, 2.75) is 43.8 Å². The van der Waals surface area contributed by atoms with Crippen LogP contribution < -0.4 is 16.0 Å². The van der Waals surface area contributed by atoms with Crippen LogP contribution in [0.15, 0.2) is 0 Å². The van der Waals surface area contributed by atoms with Gasteiger partial charge < -0.3 is 20.7 Å². The molecular formula is C14H25N3O. The number of rotatable bonds is 1. The van der Waals surface area contributed by atoms with E-state index in [0.717, 1.165) is 38.3 Å². The quantitative estimate of drug-likeness (QED) is 0.618. The molecule has 4 aliphatic heterocycles. The molecule has 0 aromatic rings. The highest BCUT2D eigenvalue weighted by Crippen LogP contribution is 2.40. The summed E-state index contributed by atoms with van der Waals surface area (Å²) in [5.74, 6) is 0.731. The van der Waals surface area contributed by atoms with Crippen molar-refractivity contribution in [2.75, 3.05) is 32.8 Å². The monoisotopic (exact) mass is 251 g/mol. The van der Waals surface area contributed by atoms with Crippen LogP contribution in [0, 0.1) is 11.3 Å². The molecule has 0 spiro atoms. The fraction of sp³-hybridized carbons (Fsp3) is 1.00. The maximum atomic E-state index is 5.93. The average molecular weight is 251 g/mol. The van der Waals surface area contributed by atoms with Gasteiger partial charge in [-0.15, -0.1) is 0 Å². The number of fused-ring (bicyclic) bond motifs is 4. The zero-order chi connectivity index (χ0) is 12.0. The molecule has 0 aromatic heterocycles. The predicted octanol–water partition coefficient (Wildman–Crippen LogP) is 0.0950. The Bertz CT molecular complexity index is 312. The molecule has 4 nitrogen and oxygen atoms in total. The Hall–Kier alpha value is -0.160. The molecule has 4 heteroatoms. The van der Waals surface area contributed by atoms with Crippen molar-refractivity contribution in [3.8, 4) is 0 Å². The van der Waals surface area contributed by atoms with Gasteiger partial charge in [0.1, 0.15) is 0 Å². The molecule has 5 atom stereocenters. The lowest BCUT2D eigenvalue weighted by atomic mass is 9.68. The lowest BCUT2D eigenvalue weighted by Gasteiger charge is -2.51. The molecule has 0 amide bonds. The third kappa shape index (κ3) is 1.82. The Balaban J connectivity index is 1.59. The van der Waals surface area contributed by atoms with Crippen molar-refractivity contribution in [2.24, 2.45) is 11.3 Å². The van der Waals surface area contributed by atoms with E-state index in [1.165, 1.54) is 32.2 Å². The molecule has 0 aromatic carbocycles. The van der Waals surface area contributed by atoms with E-state index in [9.17, 15) is 0 Å². The van der Waals surface area contributed by atoms with E-state index in [0.29, 0.717) is 17.5 Å². The second-order valence-corrected chi connectivity index (χ2v) is 6.85. The van der Waals surface area contributed by atoms with E-state index in [-0.39, 0.29) is 0 Å². The van der Waals surface area contributed by atoms with E-state index in [1.54, 1.807) is 0 Å². The van der Waals surface area contributed by atoms with Crippen LogP contribution in [-0.4, -0.2) is 51.0 Å². The SMILES string of the molecule is C1CC2CCC(N2)C(C23CNCC(COC2)C3)N1. The van der Waals surface area contributed by atoms with Gasteiger partial charge in [0.05, 0.1) is 13.2 Å². The summed E-state index contributed by atoms with van der Waals surface area (Å²) in [4.78, 5) is 0. The molecule has 4 fully saturated rings. The number of hydrogen-bond donors (Lipinski definition) is 3. The van der Waals surface area contributed by atoms with E-state index < -0.39 is 0 Å². The Morgan fingerprint density at radius 1 is 1.17 bits per heavy atom. The van der Waals surface area contributed by atoms with E-state index in [1.807, 2.05) is 0 Å². The Kier molecular flexibility index (Phi) is 2.87. The summed E-state index contributed by atoms with van der Waals surface area (Å²) in [6.45, 7) is 5.35. The molecule has 0 saturated carbocycles. The van der Waals surface area contributed by atoms with Crippen molar-refractivity contribution in [3.05, 3.63) is 0 Å². The minimum atomic E-state index is 0.331. The normalized spacial score (nSPS) is 52.0. The zero-order valence-corrected chi connectivity index (χ0v) is 11.1. The number of hydrogen-bond acceptors (Lipinski definition) is 4. The van der Waals surface area contributed by atoms with Crippen LogP contribution in [-0.2, 0) is 4.74 Å². The van der Waals surface area contributed by atoms with Crippen LogP contribution in [0.5, 0.6) is 0 Å². The first kappa shape index (κ1) is 11.6. The number of nitrogens with one attached hydrogen (secondary N) is 3. The molecule has 0 aliphatic carbocycles. The van der Waals surface area contributed by atoms with Crippen LogP contribution in [0.2, 0.25) is 0 Å². The largest absolute Gasteiger partial charge is 0.380 e. The highest BCUT2D eigenvalue weighted by atomic mass is 16.5. The topological polar surface area (TPSA) is 45.3 Å². The molecule has 102 valence electrons. The van der Waals surface area contributed by atoms with Crippen LogP contribution in [0.3, 0.4) is 0 Å². The zero-order valence-electron chi connectivity index (χ0n) is 11.1. The summed E-state index contributed by atoms with van der Waals surface area (Å²) in [6.07, 6.45) is 5.35. The minimum absolute atomic E-state index is 0.331. The Morgan fingerprint density at radius 3 is 3.17 bits per heavy atom. The molecule has 4 bridgehead atoms. The van der Waals surface area contributed by atoms with Crippen molar-refractivity contribution in [1.29, 1.82) is 0 Å². The van der Waals surface area contributed by atoms with Gasteiger partial charge in [0.15, 0.2) is 0 Å². The summed E-state index contributed by atoms with van der Waals surface area (Å²) in [5, 5.41) is 11.4. The molecule has 4 heterocycles. The van der Waals surface area contributed by atoms with Crippen LogP contribution in [0.4, 0.5) is 0 Å². The number of piperidine rings is 1. The summed E-state index contributed by atoms with van der Waals surface area (Å²) in [5.41, 5.74) is 0.331.